The normalized spacial score (nSPS) is 18.8. The van der Waals surface area contributed by atoms with Crippen LogP contribution in [0, 0.1) is 11.7 Å². The van der Waals surface area contributed by atoms with Crippen molar-refractivity contribution in [3.8, 4) is 0 Å². The van der Waals surface area contributed by atoms with Crippen LogP contribution in [0.1, 0.15) is 57.1 Å². The van der Waals surface area contributed by atoms with Gasteiger partial charge in [0.05, 0.1) is 0 Å². The number of benzene rings is 1. The van der Waals surface area contributed by atoms with Gasteiger partial charge >= 0.3 is 0 Å². The van der Waals surface area contributed by atoms with Gasteiger partial charge in [-0.05, 0) is 43.5 Å². The largest absolute Gasteiger partial charge is 0.310 e. The van der Waals surface area contributed by atoms with E-state index in [0.717, 1.165) is 12.5 Å². The van der Waals surface area contributed by atoms with Crippen LogP contribution in [-0.2, 0) is 0 Å². The molecule has 0 bridgehead atoms. The monoisotopic (exact) mass is 249 g/mol. The maximum Gasteiger partial charge on any atom is 0.123 e. The van der Waals surface area contributed by atoms with E-state index >= 15 is 0 Å². The number of rotatable bonds is 5. The van der Waals surface area contributed by atoms with Gasteiger partial charge in [0.15, 0.2) is 0 Å². The van der Waals surface area contributed by atoms with Gasteiger partial charge in [0.2, 0.25) is 0 Å². The van der Waals surface area contributed by atoms with Gasteiger partial charge in [0.1, 0.15) is 5.82 Å². The maximum absolute atomic E-state index is 12.8. The molecule has 0 saturated heterocycles. The first-order chi connectivity index (χ1) is 8.75. The van der Waals surface area contributed by atoms with E-state index in [9.17, 15) is 4.39 Å². The van der Waals surface area contributed by atoms with Gasteiger partial charge in [-0.25, -0.2) is 4.39 Å². The molecule has 1 aromatic carbocycles. The Balaban J connectivity index is 1.70. The molecule has 1 N–H and O–H groups in total. The van der Waals surface area contributed by atoms with E-state index in [2.05, 4.69) is 12.2 Å². The van der Waals surface area contributed by atoms with E-state index in [4.69, 9.17) is 0 Å². The van der Waals surface area contributed by atoms with Crippen LogP contribution in [0.25, 0.3) is 0 Å². The molecule has 1 atom stereocenters. The van der Waals surface area contributed by atoms with Crippen molar-refractivity contribution < 1.29 is 4.39 Å². The Morgan fingerprint density at radius 1 is 1.17 bits per heavy atom. The van der Waals surface area contributed by atoms with Crippen LogP contribution in [0.15, 0.2) is 24.3 Å². The summed E-state index contributed by atoms with van der Waals surface area (Å²) >= 11 is 0. The van der Waals surface area contributed by atoms with E-state index in [1.54, 1.807) is 0 Å². The molecule has 1 nitrogen and oxygen atoms in total. The van der Waals surface area contributed by atoms with E-state index in [0.29, 0.717) is 6.04 Å². The second-order valence-electron chi connectivity index (χ2n) is 5.52. The average Bonchev–Trinajstić information content (AvgIpc) is 2.40. The third kappa shape index (κ3) is 4.09. The Labute approximate surface area is 110 Å². The summed E-state index contributed by atoms with van der Waals surface area (Å²) in [5.74, 6) is 0.764. The smallest absolute Gasteiger partial charge is 0.123 e. The third-order valence-corrected chi connectivity index (χ3v) is 4.10. The molecule has 18 heavy (non-hydrogen) atoms. The fourth-order valence-electron chi connectivity index (χ4n) is 2.85. The zero-order valence-corrected chi connectivity index (χ0v) is 11.3. The lowest BCUT2D eigenvalue weighted by Crippen LogP contribution is -2.22. The third-order valence-electron chi connectivity index (χ3n) is 4.10. The van der Waals surface area contributed by atoms with Crippen molar-refractivity contribution in [2.75, 3.05) is 6.54 Å². The molecule has 0 radical (unpaired) electrons. The highest BCUT2D eigenvalue weighted by Crippen LogP contribution is 2.26. The zero-order valence-electron chi connectivity index (χ0n) is 11.3. The first kappa shape index (κ1) is 13.5. The lowest BCUT2D eigenvalue weighted by molar-refractivity contribution is 0.329. The predicted octanol–water partition coefficient (Wildman–Crippen LogP) is 4.45. The van der Waals surface area contributed by atoms with Crippen LogP contribution in [0.5, 0.6) is 0 Å². The molecule has 1 aliphatic rings. The molecular formula is C16H24FN. The molecule has 1 saturated carbocycles. The average molecular weight is 249 g/mol. The van der Waals surface area contributed by atoms with Gasteiger partial charge in [-0.2, -0.15) is 0 Å². The van der Waals surface area contributed by atoms with Crippen LogP contribution in [0.3, 0.4) is 0 Å². The van der Waals surface area contributed by atoms with Crippen LogP contribution in [-0.4, -0.2) is 6.54 Å². The fourth-order valence-corrected chi connectivity index (χ4v) is 2.85. The van der Waals surface area contributed by atoms with Crippen LogP contribution >= 0.6 is 0 Å². The molecule has 1 fully saturated rings. The van der Waals surface area contributed by atoms with Gasteiger partial charge in [-0.15, -0.1) is 0 Å². The van der Waals surface area contributed by atoms with Gasteiger partial charge in [0.25, 0.3) is 0 Å². The summed E-state index contributed by atoms with van der Waals surface area (Å²) < 4.78 is 12.8. The molecule has 100 valence electrons. The topological polar surface area (TPSA) is 12.0 Å². The molecule has 0 spiro atoms. The van der Waals surface area contributed by atoms with Crippen molar-refractivity contribution in [3.63, 3.8) is 0 Å². The number of hydrogen-bond acceptors (Lipinski definition) is 1. The molecule has 0 aliphatic heterocycles. The highest BCUT2D eigenvalue weighted by atomic mass is 19.1. The van der Waals surface area contributed by atoms with Crippen molar-refractivity contribution in [1.29, 1.82) is 0 Å². The molecular weight excluding hydrogens is 225 g/mol. The molecule has 1 unspecified atom stereocenters. The highest BCUT2D eigenvalue weighted by Gasteiger charge is 2.13. The Morgan fingerprint density at radius 3 is 2.50 bits per heavy atom. The van der Waals surface area contributed by atoms with Crippen molar-refractivity contribution in [3.05, 3.63) is 35.6 Å². The Hall–Kier alpha value is -0.890. The first-order valence-corrected chi connectivity index (χ1v) is 7.24. The number of nitrogens with one attached hydrogen (secondary N) is 1. The quantitative estimate of drug-likeness (QED) is 0.813. The fraction of sp³-hybridized carbons (Fsp3) is 0.625. The zero-order chi connectivity index (χ0) is 12.8. The van der Waals surface area contributed by atoms with Gasteiger partial charge in [0, 0.05) is 6.04 Å². The molecule has 0 aromatic heterocycles. The van der Waals surface area contributed by atoms with Crippen molar-refractivity contribution in [1.82, 2.24) is 5.32 Å². The molecule has 0 amide bonds. The molecule has 1 aliphatic carbocycles. The van der Waals surface area contributed by atoms with E-state index in [1.807, 2.05) is 12.1 Å². The summed E-state index contributed by atoms with van der Waals surface area (Å²) in [6, 6.07) is 7.12. The lowest BCUT2D eigenvalue weighted by Gasteiger charge is -2.22. The van der Waals surface area contributed by atoms with Crippen LogP contribution in [0.4, 0.5) is 4.39 Å². The van der Waals surface area contributed by atoms with Gasteiger partial charge in [-0.3, -0.25) is 0 Å². The summed E-state index contributed by atoms with van der Waals surface area (Å²) in [6.45, 7) is 3.22. The van der Waals surface area contributed by atoms with E-state index < -0.39 is 0 Å². The second kappa shape index (κ2) is 6.89. The summed E-state index contributed by atoms with van der Waals surface area (Å²) in [7, 11) is 0. The van der Waals surface area contributed by atoms with Crippen molar-refractivity contribution in [2.45, 2.75) is 51.5 Å². The maximum atomic E-state index is 12.8. The molecule has 1 aromatic rings. The highest BCUT2D eigenvalue weighted by molar-refractivity contribution is 5.19. The van der Waals surface area contributed by atoms with Gasteiger partial charge in [-0.1, -0.05) is 44.2 Å². The number of hydrogen-bond donors (Lipinski definition) is 1. The SMILES string of the molecule is CC(NCCC1CCCCC1)c1ccc(F)cc1. The van der Waals surface area contributed by atoms with Crippen molar-refractivity contribution >= 4 is 0 Å². The van der Waals surface area contributed by atoms with Gasteiger partial charge < -0.3 is 5.32 Å². The molecule has 0 heterocycles. The summed E-state index contributed by atoms with van der Waals surface area (Å²) in [4.78, 5) is 0. The molecule has 2 heteroatoms. The second-order valence-corrected chi connectivity index (χ2v) is 5.52. The van der Waals surface area contributed by atoms with Crippen molar-refractivity contribution in [2.24, 2.45) is 5.92 Å². The Kier molecular flexibility index (Phi) is 5.18. The predicted molar refractivity (Wildman–Crippen MR) is 74.0 cm³/mol. The lowest BCUT2D eigenvalue weighted by atomic mass is 9.87. The number of halogens is 1. The minimum absolute atomic E-state index is 0.159. The first-order valence-electron chi connectivity index (χ1n) is 7.24. The Bertz CT molecular complexity index is 341. The summed E-state index contributed by atoms with van der Waals surface area (Å²) in [6.07, 6.45) is 8.36. The summed E-state index contributed by atoms with van der Waals surface area (Å²) in [5.41, 5.74) is 1.17. The minimum Gasteiger partial charge on any atom is -0.310 e. The standard InChI is InChI=1S/C16H24FN/c1-13(15-7-9-16(17)10-8-15)18-12-11-14-5-3-2-4-6-14/h7-10,13-14,18H,2-6,11-12H2,1H3. The Morgan fingerprint density at radius 2 is 1.83 bits per heavy atom. The van der Waals surface area contributed by atoms with E-state index in [1.165, 1.54) is 56.2 Å². The van der Waals surface area contributed by atoms with E-state index in [-0.39, 0.29) is 5.82 Å². The minimum atomic E-state index is -0.159. The van der Waals surface area contributed by atoms with Crippen LogP contribution in [0.2, 0.25) is 0 Å². The molecule has 2 rings (SSSR count). The van der Waals surface area contributed by atoms with Crippen LogP contribution < -0.4 is 5.32 Å². The summed E-state index contributed by atoms with van der Waals surface area (Å²) in [5, 5.41) is 3.54.